The SMILES string of the molecule is CCOC(=O)Cc1ccc(C)c(CCCCl)c1. The molecule has 2 nitrogen and oxygen atoms in total. The van der Waals surface area contributed by atoms with Crippen LogP contribution in [0.25, 0.3) is 0 Å². The summed E-state index contributed by atoms with van der Waals surface area (Å²) in [5.74, 6) is 0.501. The van der Waals surface area contributed by atoms with Gasteiger partial charge in [-0.1, -0.05) is 18.2 Å². The molecule has 0 aliphatic carbocycles. The molecule has 0 N–H and O–H groups in total. The molecule has 1 aromatic carbocycles. The third kappa shape index (κ3) is 4.78. The van der Waals surface area contributed by atoms with Crippen LogP contribution in [-0.2, 0) is 22.4 Å². The second kappa shape index (κ2) is 7.33. The second-order valence-electron chi connectivity index (χ2n) is 4.04. The molecule has 0 atom stereocenters. The van der Waals surface area contributed by atoms with Crippen LogP contribution in [0.2, 0.25) is 0 Å². The van der Waals surface area contributed by atoms with Gasteiger partial charge in [0.2, 0.25) is 0 Å². The van der Waals surface area contributed by atoms with Crippen LogP contribution in [0.15, 0.2) is 18.2 Å². The summed E-state index contributed by atoms with van der Waals surface area (Å²) in [6.07, 6.45) is 2.28. The number of rotatable bonds is 6. The topological polar surface area (TPSA) is 26.3 Å². The summed E-state index contributed by atoms with van der Waals surface area (Å²) in [7, 11) is 0. The van der Waals surface area contributed by atoms with Crippen LogP contribution in [0.5, 0.6) is 0 Å². The Kier molecular flexibility index (Phi) is 6.06. The highest BCUT2D eigenvalue weighted by molar-refractivity contribution is 6.17. The van der Waals surface area contributed by atoms with Crippen LogP contribution < -0.4 is 0 Å². The zero-order chi connectivity index (χ0) is 12.7. The van der Waals surface area contributed by atoms with Gasteiger partial charge in [0.05, 0.1) is 13.0 Å². The number of halogens is 1. The molecule has 0 radical (unpaired) electrons. The van der Waals surface area contributed by atoms with Gasteiger partial charge >= 0.3 is 5.97 Å². The van der Waals surface area contributed by atoms with E-state index in [1.165, 1.54) is 11.1 Å². The number of alkyl halides is 1. The maximum absolute atomic E-state index is 11.4. The minimum Gasteiger partial charge on any atom is -0.466 e. The van der Waals surface area contributed by atoms with E-state index < -0.39 is 0 Å². The predicted octanol–water partition coefficient (Wildman–Crippen LogP) is 3.27. The van der Waals surface area contributed by atoms with Crippen LogP contribution in [0.1, 0.15) is 30.0 Å². The summed E-state index contributed by atoms with van der Waals surface area (Å²) in [4.78, 5) is 11.4. The predicted molar refractivity (Wildman–Crippen MR) is 70.6 cm³/mol. The Labute approximate surface area is 108 Å². The smallest absolute Gasteiger partial charge is 0.310 e. The molecule has 94 valence electrons. The first kappa shape index (κ1) is 14.0. The molecule has 1 rings (SSSR count). The summed E-state index contributed by atoms with van der Waals surface area (Å²) in [5, 5.41) is 0. The van der Waals surface area contributed by atoms with E-state index in [1.807, 2.05) is 13.0 Å². The molecular weight excluding hydrogens is 236 g/mol. The lowest BCUT2D eigenvalue weighted by Gasteiger charge is -2.08. The zero-order valence-electron chi connectivity index (χ0n) is 10.5. The molecule has 0 aromatic heterocycles. The lowest BCUT2D eigenvalue weighted by molar-refractivity contribution is -0.142. The average molecular weight is 255 g/mol. The monoisotopic (exact) mass is 254 g/mol. The van der Waals surface area contributed by atoms with Crippen molar-refractivity contribution in [3.63, 3.8) is 0 Å². The fourth-order valence-corrected chi connectivity index (χ4v) is 1.87. The molecule has 0 aliphatic heterocycles. The van der Waals surface area contributed by atoms with E-state index >= 15 is 0 Å². The zero-order valence-corrected chi connectivity index (χ0v) is 11.2. The molecule has 0 saturated carbocycles. The highest BCUT2D eigenvalue weighted by atomic mass is 35.5. The lowest BCUT2D eigenvalue weighted by atomic mass is 10.00. The molecule has 3 heteroatoms. The van der Waals surface area contributed by atoms with E-state index in [0.29, 0.717) is 18.9 Å². The quantitative estimate of drug-likeness (QED) is 0.575. The van der Waals surface area contributed by atoms with Gasteiger partial charge in [-0.25, -0.2) is 0 Å². The molecule has 0 spiro atoms. The Morgan fingerprint density at radius 2 is 2.18 bits per heavy atom. The molecule has 17 heavy (non-hydrogen) atoms. The average Bonchev–Trinajstić information content (AvgIpc) is 2.30. The fourth-order valence-electron chi connectivity index (χ4n) is 1.74. The lowest BCUT2D eigenvalue weighted by Crippen LogP contribution is -2.08. The number of carbonyl (C=O) groups is 1. The van der Waals surface area contributed by atoms with Crippen molar-refractivity contribution in [1.29, 1.82) is 0 Å². The molecule has 0 amide bonds. The minimum atomic E-state index is -0.167. The van der Waals surface area contributed by atoms with Crippen molar-refractivity contribution in [1.82, 2.24) is 0 Å². The van der Waals surface area contributed by atoms with Crippen LogP contribution in [-0.4, -0.2) is 18.5 Å². The summed E-state index contributed by atoms with van der Waals surface area (Å²) < 4.78 is 4.94. The first-order chi connectivity index (χ1) is 8.17. The summed E-state index contributed by atoms with van der Waals surface area (Å²) >= 11 is 5.70. The fraction of sp³-hybridized carbons (Fsp3) is 0.500. The standard InChI is InChI=1S/C14H19ClO2/c1-3-17-14(16)10-12-7-6-11(2)13(9-12)5-4-8-15/h6-7,9H,3-5,8,10H2,1-2H3. The van der Waals surface area contributed by atoms with Crippen LogP contribution >= 0.6 is 11.6 Å². The Hall–Kier alpha value is -1.02. The van der Waals surface area contributed by atoms with Crippen molar-refractivity contribution < 1.29 is 9.53 Å². The van der Waals surface area contributed by atoms with Crippen molar-refractivity contribution in [3.8, 4) is 0 Å². The number of hydrogen-bond acceptors (Lipinski definition) is 2. The van der Waals surface area contributed by atoms with Crippen molar-refractivity contribution >= 4 is 17.6 Å². The second-order valence-corrected chi connectivity index (χ2v) is 4.41. The largest absolute Gasteiger partial charge is 0.466 e. The normalized spacial score (nSPS) is 10.3. The van der Waals surface area contributed by atoms with Gasteiger partial charge in [0.15, 0.2) is 0 Å². The molecule has 0 saturated heterocycles. The third-order valence-electron chi connectivity index (χ3n) is 2.65. The van der Waals surface area contributed by atoms with Gasteiger partial charge in [0.1, 0.15) is 0 Å². The number of hydrogen-bond donors (Lipinski definition) is 0. The van der Waals surface area contributed by atoms with Crippen molar-refractivity contribution in [3.05, 3.63) is 34.9 Å². The summed E-state index contributed by atoms with van der Waals surface area (Å²) in [5.41, 5.74) is 3.54. The molecule has 0 heterocycles. The van der Waals surface area contributed by atoms with Gasteiger partial charge in [-0.3, -0.25) is 4.79 Å². The van der Waals surface area contributed by atoms with E-state index in [4.69, 9.17) is 16.3 Å². The van der Waals surface area contributed by atoms with Gasteiger partial charge in [0.25, 0.3) is 0 Å². The number of benzene rings is 1. The van der Waals surface area contributed by atoms with E-state index in [9.17, 15) is 4.79 Å². The van der Waals surface area contributed by atoms with Crippen LogP contribution in [0.3, 0.4) is 0 Å². The number of ether oxygens (including phenoxy) is 1. The Morgan fingerprint density at radius 3 is 2.82 bits per heavy atom. The van der Waals surface area contributed by atoms with E-state index in [1.54, 1.807) is 0 Å². The van der Waals surface area contributed by atoms with E-state index in [2.05, 4.69) is 19.1 Å². The van der Waals surface area contributed by atoms with Gasteiger partial charge in [0, 0.05) is 5.88 Å². The van der Waals surface area contributed by atoms with E-state index in [0.717, 1.165) is 18.4 Å². The Balaban J connectivity index is 2.70. The number of esters is 1. The van der Waals surface area contributed by atoms with Gasteiger partial charge in [-0.15, -0.1) is 11.6 Å². The highest BCUT2D eigenvalue weighted by Gasteiger charge is 2.06. The first-order valence-electron chi connectivity index (χ1n) is 5.97. The van der Waals surface area contributed by atoms with E-state index in [-0.39, 0.29) is 5.97 Å². The maximum atomic E-state index is 11.4. The highest BCUT2D eigenvalue weighted by Crippen LogP contribution is 2.14. The number of carbonyl (C=O) groups excluding carboxylic acids is 1. The van der Waals surface area contributed by atoms with Gasteiger partial charge in [-0.2, -0.15) is 0 Å². The van der Waals surface area contributed by atoms with Crippen LogP contribution in [0, 0.1) is 6.92 Å². The third-order valence-corrected chi connectivity index (χ3v) is 2.91. The van der Waals surface area contributed by atoms with Crippen molar-refractivity contribution in [2.75, 3.05) is 12.5 Å². The van der Waals surface area contributed by atoms with Gasteiger partial charge < -0.3 is 4.74 Å². The maximum Gasteiger partial charge on any atom is 0.310 e. The molecular formula is C14H19ClO2. The molecule has 0 bridgehead atoms. The van der Waals surface area contributed by atoms with Crippen molar-refractivity contribution in [2.24, 2.45) is 0 Å². The Bertz CT molecular complexity index is 374. The molecule has 0 fully saturated rings. The molecule has 0 unspecified atom stereocenters. The minimum absolute atomic E-state index is 0.167. The summed E-state index contributed by atoms with van der Waals surface area (Å²) in [6, 6.07) is 6.12. The summed E-state index contributed by atoms with van der Waals surface area (Å²) in [6.45, 7) is 4.33. The Morgan fingerprint density at radius 1 is 1.41 bits per heavy atom. The van der Waals surface area contributed by atoms with Crippen molar-refractivity contribution in [2.45, 2.75) is 33.1 Å². The molecule has 1 aromatic rings. The number of aryl methyl sites for hydroxylation is 2. The van der Waals surface area contributed by atoms with Crippen LogP contribution in [0.4, 0.5) is 0 Å². The van der Waals surface area contributed by atoms with Gasteiger partial charge in [-0.05, 0) is 43.4 Å². The molecule has 0 aliphatic rings. The first-order valence-corrected chi connectivity index (χ1v) is 6.50.